The Morgan fingerprint density at radius 1 is 0.552 bits per heavy atom. The average molecular weight is 910 g/mol. The Kier molecular flexibility index (Phi) is 11.9. The minimum absolute atomic E-state index is 0.0351. The lowest BCUT2D eigenvalue weighted by Crippen LogP contribution is -2.64. The number of rotatable bonds is 12. The van der Waals surface area contributed by atoms with E-state index in [1.165, 1.54) is 0 Å². The van der Waals surface area contributed by atoms with E-state index in [0.29, 0.717) is 94.3 Å². The van der Waals surface area contributed by atoms with Gasteiger partial charge in [0, 0.05) is 11.5 Å². The van der Waals surface area contributed by atoms with Gasteiger partial charge >= 0.3 is 11.5 Å². The van der Waals surface area contributed by atoms with Gasteiger partial charge in [0.1, 0.15) is 60.5 Å². The van der Waals surface area contributed by atoms with Crippen LogP contribution in [0, 0.1) is 5.92 Å². The van der Waals surface area contributed by atoms with Gasteiger partial charge in [0.15, 0.2) is 0 Å². The highest BCUT2D eigenvalue weighted by Gasteiger charge is 2.26. The number of halogens is 2. The largest absolute Gasteiger partial charge is 0.496 e. The highest BCUT2D eigenvalue weighted by molar-refractivity contribution is 9.11. The van der Waals surface area contributed by atoms with Crippen LogP contribution < -0.4 is 49.7 Å². The summed E-state index contributed by atoms with van der Waals surface area (Å²) in [5.74, 6) is 4.61. The second kappa shape index (κ2) is 17.2. The molecule has 0 amide bonds. The Morgan fingerprint density at radius 3 is 1.57 bits per heavy atom. The Labute approximate surface area is 350 Å². The van der Waals surface area contributed by atoms with E-state index in [1.807, 2.05) is 72.8 Å². The van der Waals surface area contributed by atoms with E-state index in [0.717, 1.165) is 0 Å². The van der Waals surface area contributed by atoms with Crippen LogP contribution in [0.5, 0.6) is 34.5 Å². The first kappa shape index (κ1) is 40.1. The van der Waals surface area contributed by atoms with Gasteiger partial charge in [-0.2, -0.15) is 0 Å². The number of methoxy groups -OCH3 is 6. The summed E-state index contributed by atoms with van der Waals surface area (Å²) in [6.45, 7) is 0. The highest BCUT2D eigenvalue weighted by atomic mass is 79.9. The van der Waals surface area contributed by atoms with Crippen LogP contribution in [0.3, 0.4) is 0 Å². The number of benzene rings is 4. The zero-order chi connectivity index (χ0) is 41.1. The smallest absolute Gasteiger partial charge is 0.365 e. The van der Waals surface area contributed by atoms with Gasteiger partial charge < -0.3 is 33.2 Å². The molecule has 58 heavy (non-hydrogen) atoms. The molecule has 7 rings (SSSR count). The molecular weight excluding hydrogens is 872 g/mol. The molecule has 1 atom stereocenters. The van der Waals surface area contributed by atoms with E-state index in [1.54, 1.807) is 79.1 Å². The molecule has 0 spiro atoms. The maximum atomic E-state index is 13.9. The van der Waals surface area contributed by atoms with Crippen LogP contribution in [0.25, 0.3) is 46.3 Å². The molecule has 0 radical (unpaired) electrons. The van der Waals surface area contributed by atoms with Gasteiger partial charge in [-0.15, -0.1) is 0 Å². The summed E-state index contributed by atoms with van der Waals surface area (Å²) in [6.07, 6.45) is 6.91. The number of allylic oxidation sites excluding steroid dienone is 2. The monoisotopic (exact) mass is 907 g/mol. The molecule has 0 aliphatic carbocycles. The predicted molar refractivity (Wildman–Crippen MR) is 231 cm³/mol. The van der Waals surface area contributed by atoms with Crippen LogP contribution in [0.2, 0.25) is 0 Å². The second-order valence-electron chi connectivity index (χ2n) is 12.9. The molecule has 2 heterocycles. The molecule has 12 heteroatoms. The molecule has 0 bridgehead atoms. The van der Waals surface area contributed by atoms with E-state index in [4.69, 9.17) is 37.6 Å². The van der Waals surface area contributed by atoms with E-state index >= 15 is 0 Å². The van der Waals surface area contributed by atoms with Crippen molar-refractivity contribution in [1.82, 2.24) is 0 Å². The molecule has 0 saturated heterocycles. The lowest BCUT2D eigenvalue weighted by Gasteiger charge is -2.23. The van der Waals surface area contributed by atoms with Gasteiger partial charge in [-0.3, -0.25) is 9.59 Å². The SMILES string of the molecule is COc1ccccc1C1=CC(C=c2c(=O)c(=Cc3cc(-c4cc(OC)c(Br)c(OC)c4)[o+]c(-c4ccccc4OC)c3)c2=O)C=C(c2cc(OC)c(Br)c(OC)c2)O1. The Morgan fingerprint density at radius 2 is 1.02 bits per heavy atom. The lowest BCUT2D eigenvalue weighted by molar-refractivity contribution is 0.387. The molecule has 0 fully saturated rings. The summed E-state index contributed by atoms with van der Waals surface area (Å²) < 4.78 is 47.9. The Hall–Kier alpha value is -6.11. The van der Waals surface area contributed by atoms with Crippen molar-refractivity contribution in [3.63, 3.8) is 0 Å². The van der Waals surface area contributed by atoms with Crippen molar-refractivity contribution in [3.05, 3.63) is 154 Å². The van der Waals surface area contributed by atoms with Crippen LogP contribution in [-0.2, 0) is 4.74 Å². The molecule has 0 N–H and O–H groups in total. The molecule has 1 aliphatic rings. The van der Waals surface area contributed by atoms with Gasteiger partial charge in [-0.1, -0.05) is 30.3 Å². The molecule has 10 nitrogen and oxygen atoms in total. The van der Waals surface area contributed by atoms with Crippen LogP contribution in [-0.4, -0.2) is 42.7 Å². The standard InChI is InChI=1S/C46H37Br2O10/c1-51-33-13-9-7-11-29(33)37-19-25(17-35(57-37)27-21-39(53-3)43(47)40(22-27)54-4)15-31-45(49)32(46(31)50)16-26-18-36(28-23-41(55-5)44(48)42(24-28)56-6)58-38(20-26)30-12-8-10-14-34(30)52-2/h7-25H,1-6H3/q+1. The van der Waals surface area contributed by atoms with E-state index < -0.39 is 5.92 Å². The summed E-state index contributed by atoms with van der Waals surface area (Å²) >= 11 is 7.06. The molecule has 1 aliphatic heterocycles. The normalized spacial score (nSPS) is 13.5. The number of hydrogen-bond acceptors (Lipinski definition) is 9. The Bertz CT molecular complexity index is 2730. The maximum absolute atomic E-state index is 13.9. The summed E-state index contributed by atoms with van der Waals surface area (Å²) in [5, 5.41) is 0.0939. The first-order valence-corrected chi connectivity index (χ1v) is 19.4. The molecular formula is C46H37Br2O10+. The predicted octanol–water partition coefficient (Wildman–Crippen LogP) is 8.41. The zero-order valence-corrected chi connectivity index (χ0v) is 35.5. The molecule has 6 aromatic rings. The van der Waals surface area contributed by atoms with Gasteiger partial charge in [0.25, 0.3) is 0 Å². The van der Waals surface area contributed by atoms with E-state index in [2.05, 4.69) is 31.9 Å². The lowest BCUT2D eigenvalue weighted by atomic mass is 9.96. The second-order valence-corrected chi connectivity index (χ2v) is 14.5. The van der Waals surface area contributed by atoms with Crippen LogP contribution in [0.15, 0.2) is 120 Å². The van der Waals surface area contributed by atoms with Crippen molar-refractivity contribution in [1.29, 1.82) is 0 Å². The third-order valence-electron chi connectivity index (χ3n) is 9.58. The van der Waals surface area contributed by atoms with Crippen molar-refractivity contribution in [2.45, 2.75) is 0 Å². The van der Waals surface area contributed by atoms with Gasteiger partial charge in [0.05, 0.1) is 76.4 Å². The average Bonchev–Trinajstić information content (AvgIpc) is 3.27. The number of ether oxygens (including phenoxy) is 7. The number of para-hydroxylation sites is 2. The van der Waals surface area contributed by atoms with Crippen molar-refractivity contribution in [2.75, 3.05) is 42.7 Å². The van der Waals surface area contributed by atoms with Gasteiger partial charge in [-0.05, 0) is 104 Å². The van der Waals surface area contributed by atoms with Gasteiger partial charge in [-0.25, -0.2) is 4.42 Å². The Balaban J connectivity index is 1.37. The fourth-order valence-corrected chi connectivity index (χ4v) is 7.76. The maximum Gasteiger partial charge on any atom is 0.365 e. The van der Waals surface area contributed by atoms with Gasteiger partial charge in [0.2, 0.25) is 10.9 Å². The zero-order valence-electron chi connectivity index (χ0n) is 32.3. The molecule has 1 aromatic heterocycles. The summed E-state index contributed by atoms with van der Waals surface area (Å²) in [7, 11) is 9.39. The van der Waals surface area contributed by atoms with Crippen molar-refractivity contribution < 1.29 is 37.6 Å². The summed E-state index contributed by atoms with van der Waals surface area (Å²) in [4.78, 5) is 27.8. The van der Waals surface area contributed by atoms with Crippen LogP contribution in [0.4, 0.5) is 0 Å². The minimum atomic E-state index is -0.518. The molecule has 294 valence electrons. The third-order valence-corrected chi connectivity index (χ3v) is 11.1. The number of hydrogen-bond donors (Lipinski definition) is 0. The molecule has 0 saturated carbocycles. The van der Waals surface area contributed by atoms with Crippen molar-refractivity contribution in [2.24, 2.45) is 5.92 Å². The fourth-order valence-electron chi connectivity index (χ4n) is 6.66. The third kappa shape index (κ3) is 7.77. The highest BCUT2D eigenvalue weighted by Crippen LogP contribution is 2.43. The quantitative estimate of drug-likeness (QED) is 0.111. The topological polar surface area (TPSA) is 110 Å². The first-order chi connectivity index (χ1) is 28.1. The van der Waals surface area contributed by atoms with Crippen molar-refractivity contribution in [3.8, 4) is 57.1 Å². The van der Waals surface area contributed by atoms with Crippen LogP contribution in [0.1, 0.15) is 16.7 Å². The minimum Gasteiger partial charge on any atom is -0.496 e. The summed E-state index contributed by atoms with van der Waals surface area (Å²) in [5.41, 5.74) is 2.45. The summed E-state index contributed by atoms with van der Waals surface area (Å²) in [6, 6.07) is 25.6. The first-order valence-electron chi connectivity index (χ1n) is 17.8. The fraction of sp³-hybridized carbons (Fsp3) is 0.152. The molecule has 1 unspecified atom stereocenters. The van der Waals surface area contributed by atoms with Crippen LogP contribution >= 0.6 is 31.9 Å². The van der Waals surface area contributed by atoms with E-state index in [-0.39, 0.29) is 21.3 Å². The van der Waals surface area contributed by atoms with Crippen molar-refractivity contribution >= 4 is 55.5 Å². The molecule has 5 aromatic carbocycles. The van der Waals surface area contributed by atoms with E-state index in [9.17, 15) is 9.59 Å².